The van der Waals surface area contributed by atoms with Gasteiger partial charge < -0.3 is 9.15 Å². The molecule has 23 heavy (non-hydrogen) atoms. The van der Waals surface area contributed by atoms with Gasteiger partial charge in [0.15, 0.2) is 0 Å². The smallest absolute Gasteiger partial charge is 0.284 e. The molecule has 0 aliphatic carbocycles. The first-order valence-electron chi connectivity index (χ1n) is 6.92. The highest BCUT2D eigenvalue weighted by atomic mass is 19.1. The molecule has 0 unspecified atom stereocenters. The number of nitrogens with zero attached hydrogens (tertiary/aromatic N) is 2. The molecule has 2 aromatic rings. The van der Waals surface area contributed by atoms with Crippen molar-refractivity contribution in [1.29, 1.82) is 0 Å². The van der Waals surface area contributed by atoms with Crippen LogP contribution >= 0.6 is 0 Å². The fraction of sp³-hybridized carbons (Fsp3) is 0.0588. The maximum Gasteiger partial charge on any atom is 0.284 e. The van der Waals surface area contributed by atoms with E-state index in [0.29, 0.717) is 22.6 Å². The van der Waals surface area contributed by atoms with Crippen LogP contribution in [0.5, 0.6) is 5.75 Å². The van der Waals surface area contributed by atoms with Crippen molar-refractivity contribution >= 4 is 11.0 Å². The van der Waals surface area contributed by atoms with Gasteiger partial charge in [-0.25, -0.2) is 4.39 Å². The van der Waals surface area contributed by atoms with Crippen LogP contribution in [0.3, 0.4) is 0 Å². The van der Waals surface area contributed by atoms with Gasteiger partial charge in [-0.1, -0.05) is 6.07 Å². The summed E-state index contributed by atoms with van der Waals surface area (Å²) < 4.78 is 25.4. The normalized spacial score (nSPS) is 11.2. The Balaban J connectivity index is 1.98. The Bertz CT molecular complexity index is 1050. The Morgan fingerprint density at radius 2 is 2.04 bits per heavy atom. The molecule has 0 amide bonds. The zero-order valence-electron chi connectivity index (χ0n) is 12.1. The zero-order chi connectivity index (χ0) is 16.0. The molecule has 6 heteroatoms. The van der Waals surface area contributed by atoms with E-state index in [1.807, 2.05) is 0 Å². The topological polar surface area (TPSA) is 57.3 Å². The minimum absolute atomic E-state index is 0.194. The second-order valence-electron chi connectivity index (χ2n) is 5.07. The lowest BCUT2D eigenvalue weighted by Crippen LogP contribution is -2.14. The van der Waals surface area contributed by atoms with Gasteiger partial charge in [-0.05, 0) is 36.4 Å². The van der Waals surface area contributed by atoms with Crippen LogP contribution in [-0.2, 0) is 0 Å². The Kier molecular flexibility index (Phi) is 2.90. The van der Waals surface area contributed by atoms with E-state index in [1.165, 1.54) is 18.2 Å². The molecule has 0 bridgehead atoms. The van der Waals surface area contributed by atoms with Crippen LogP contribution in [0.25, 0.3) is 28.1 Å². The molecule has 2 heterocycles. The first-order valence-corrected chi connectivity index (χ1v) is 6.92. The van der Waals surface area contributed by atoms with Crippen molar-refractivity contribution in [3.63, 3.8) is 0 Å². The zero-order valence-corrected chi connectivity index (χ0v) is 12.1. The summed E-state index contributed by atoms with van der Waals surface area (Å²) in [6.45, 7) is 0. The molecule has 0 fully saturated rings. The summed E-state index contributed by atoms with van der Waals surface area (Å²) in [5.74, 6) is 0.404. The second kappa shape index (κ2) is 4.95. The molecule has 2 aliphatic rings. The Labute approximate surface area is 129 Å². The van der Waals surface area contributed by atoms with Crippen molar-refractivity contribution in [1.82, 2.24) is 9.78 Å². The highest BCUT2D eigenvalue weighted by Gasteiger charge is 2.19. The molecule has 0 aromatic heterocycles. The molecule has 2 aromatic carbocycles. The van der Waals surface area contributed by atoms with Crippen LogP contribution in [0.1, 0.15) is 0 Å². The summed E-state index contributed by atoms with van der Waals surface area (Å²) in [5, 5.41) is 4.92. The number of aromatic nitrogens is 2. The van der Waals surface area contributed by atoms with Gasteiger partial charge in [-0.2, -0.15) is 4.68 Å². The minimum atomic E-state index is -0.437. The second-order valence-corrected chi connectivity index (χ2v) is 5.07. The van der Waals surface area contributed by atoms with E-state index in [2.05, 4.69) is 5.10 Å². The number of halogens is 1. The summed E-state index contributed by atoms with van der Waals surface area (Å²) in [5.41, 5.74) is 0.891. The molecule has 5 nitrogen and oxygen atoms in total. The van der Waals surface area contributed by atoms with Crippen LogP contribution in [0.15, 0.2) is 57.7 Å². The van der Waals surface area contributed by atoms with E-state index in [-0.39, 0.29) is 11.4 Å². The summed E-state index contributed by atoms with van der Waals surface area (Å²) >= 11 is 0. The van der Waals surface area contributed by atoms with Crippen molar-refractivity contribution in [2.45, 2.75) is 0 Å². The van der Waals surface area contributed by atoms with E-state index in [9.17, 15) is 9.18 Å². The third-order valence-electron chi connectivity index (χ3n) is 3.62. The third-order valence-corrected chi connectivity index (χ3v) is 3.62. The van der Waals surface area contributed by atoms with Crippen LogP contribution in [-0.4, -0.2) is 16.9 Å². The fourth-order valence-electron chi connectivity index (χ4n) is 2.49. The number of ether oxygens (including phenoxy) is 1. The molecule has 114 valence electrons. The quantitative estimate of drug-likeness (QED) is 0.570. The minimum Gasteiger partial charge on any atom is -0.497 e. The van der Waals surface area contributed by atoms with E-state index in [4.69, 9.17) is 9.15 Å². The van der Waals surface area contributed by atoms with Crippen LogP contribution in [0, 0.1) is 5.82 Å². The lowest BCUT2D eigenvalue weighted by Gasteiger charge is -2.03. The van der Waals surface area contributed by atoms with Gasteiger partial charge in [0.1, 0.15) is 22.7 Å². The van der Waals surface area contributed by atoms with Crippen molar-refractivity contribution in [2.75, 3.05) is 7.11 Å². The molecule has 0 saturated carbocycles. The van der Waals surface area contributed by atoms with Crippen molar-refractivity contribution < 1.29 is 13.5 Å². The van der Waals surface area contributed by atoms with Gasteiger partial charge in [0.05, 0.1) is 12.8 Å². The summed E-state index contributed by atoms with van der Waals surface area (Å²) in [6, 6.07) is 12.7. The Hall–Kier alpha value is -3.15. The van der Waals surface area contributed by atoms with Gasteiger partial charge in [0.25, 0.3) is 5.56 Å². The lowest BCUT2D eigenvalue weighted by atomic mass is 10.2. The van der Waals surface area contributed by atoms with E-state index in [1.54, 1.807) is 37.4 Å². The summed E-state index contributed by atoms with van der Waals surface area (Å²) in [4.78, 5) is 12.5. The van der Waals surface area contributed by atoms with Gasteiger partial charge in [-0.15, -0.1) is 5.10 Å². The first kappa shape index (κ1) is 13.5. The molecule has 0 N–H and O–H groups in total. The number of hydrogen-bond acceptors (Lipinski definition) is 4. The predicted octanol–water partition coefficient (Wildman–Crippen LogP) is 3.23. The average molecular weight is 310 g/mol. The molecular weight excluding hydrogens is 299 g/mol. The standard InChI is InChI=1S/C17H11FN2O3/c1-22-13-6-5-10-7-14-16(23-15(10)9-13)19-20(17(14)21)12-4-2-3-11(18)8-12/h2-9H,1H3. The highest BCUT2D eigenvalue weighted by Crippen LogP contribution is 2.27. The Morgan fingerprint density at radius 3 is 2.83 bits per heavy atom. The Morgan fingerprint density at radius 1 is 1.17 bits per heavy atom. The number of hydrogen-bond donors (Lipinski definition) is 0. The molecule has 4 rings (SSSR count). The monoisotopic (exact) mass is 310 g/mol. The van der Waals surface area contributed by atoms with Crippen LogP contribution in [0.2, 0.25) is 0 Å². The van der Waals surface area contributed by atoms with E-state index in [0.717, 1.165) is 10.1 Å². The molecular formula is C17H11FN2O3. The van der Waals surface area contributed by atoms with Gasteiger partial charge >= 0.3 is 0 Å². The number of rotatable bonds is 2. The lowest BCUT2D eigenvalue weighted by molar-refractivity contribution is 0.414. The average Bonchev–Trinajstić information content (AvgIpc) is 2.88. The number of fused-ring (bicyclic) bond motifs is 2. The molecule has 0 radical (unpaired) electrons. The number of methoxy groups -OCH3 is 1. The fourth-order valence-corrected chi connectivity index (χ4v) is 2.49. The van der Waals surface area contributed by atoms with E-state index < -0.39 is 5.82 Å². The first-order chi connectivity index (χ1) is 11.2. The van der Waals surface area contributed by atoms with Crippen molar-refractivity contribution in [3.05, 3.63) is 64.7 Å². The van der Waals surface area contributed by atoms with Crippen molar-refractivity contribution in [3.8, 4) is 22.9 Å². The van der Waals surface area contributed by atoms with Crippen LogP contribution in [0.4, 0.5) is 4.39 Å². The summed E-state index contributed by atoms with van der Waals surface area (Å²) in [6.07, 6.45) is 0. The highest BCUT2D eigenvalue weighted by molar-refractivity contribution is 5.83. The van der Waals surface area contributed by atoms with E-state index >= 15 is 0 Å². The molecule has 0 atom stereocenters. The largest absolute Gasteiger partial charge is 0.497 e. The maximum absolute atomic E-state index is 13.4. The number of benzene rings is 2. The van der Waals surface area contributed by atoms with Crippen molar-refractivity contribution in [2.24, 2.45) is 0 Å². The van der Waals surface area contributed by atoms with Gasteiger partial charge in [-0.3, -0.25) is 4.79 Å². The maximum atomic E-state index is 13.4. The molecule has 0 spiro atoms. The van der Waals surface area contributed by atoms with Crippen LogP contribution < -0.4 is 10.3 Å². The predicted molar refractivity (Wildman–Crippen MR) is 82.7 cm³/mol. The van der Waals surface area contributed by atoms with Gasteiger partial charge in [0.2, 0.25) is 5.89 Å². The summed E-state index contributed by atoms with van der Waals surface area (Å²) in [7, 11) is 1.56. The SMILES string of the molecule is COc1ccc2cc3c(=O)n(-c4cccc(F)c4)nc-3oc2c1. The molecule has 0 saturated heterocycles. The molecule has 2 aliphatic heterocycles. The third kappa shape index (κ3) is 2.15. The van der Waals surface area contributed by atoms with Gasteiger partial charge in [0, 0.05) is 11.5 Å².